The number of methoxy groups -OCH3 is 1. The quantitative estimate of drug-likeness (QED) is 0.738. The lowest BCUT2D eigenvalue weighted by atomic mass is 10.2. The molecule has 1 unspecified atom stereocenters. The molecule has 26 heavy (non-hydrogen) atoms. The molecule has 1 heterocycles. The van der Waals surface area contributed by atoms with Gasteiger partial charge in [0, 0.05) is 6.54 Å². The van der Waals surface area contributed by atoms with Crippen LogP contribution in [0.3, 0.4) is 0 Å². The third-order valence-corrected chi connectivity index (χ3v) is 4.58. The Balaban J connectivity index is 2.19. The summed E-state index contributed by atoms with van der Waals surface area (Å²) in [4.78, 5) is 11.9. The van der Waals surface area contributed by atoms with Gasteiger partial charge in [-0.25, -0.2) is 0 Å². The molecule has 0 aliphatic carbocycles. The van der Waals surface area contributed by atoms with Gasteiger partial charge in [0.25, 0.3) is 0 Å². The molecule has 0 aliphatic heterocycles. The van der Waals surface area contributed by atoms with Gasteiger partial charge in [-0.2, -0.15) is 13.2 Å². The summed E-state index contributed by atoms with van der Waals surface area (Å²) in [7, 11) is 1.55. The van der Waals surface area contributed by atoms with E-state index in [9.17, 15) is 18.0 Å². The first kappa shape index (κ1) is 20.1. The van der Waals surface area contributed by atoms with Crippen LogP contribution in [0.1, 0.15) is 13.8 Å². The summed E-state index contributed by atoms with van der Waals surface area (Å²) >= 11 is 1.05. The number of amides is 1. The molecule has 0 spiro atoms. The maximum Gasteiger partial charge on any atom is 0.405 e. The van der Waals surface area contributed by atoms with Gasteiger partial charge in [-0.15, -0.1) is 10.2 Å². The van der Waals surface area contributed by atoms with Crippen molar-refractivity contribution in [2.45, 2.75) is 37.0 Å². The number of alkyl halides is 3. The number of rotatable bonds is 7. The van der Waals surface area contributed by atoms with E-state index in [-0.39, 0.29) is 0 Å². The van der Waals surface area contributed by atoms with Gasteiger partial charge in [-0.05, 0) is 26.0 Å². The smallest absolute Gasteiger partial charge is 0.405 e. The molecule has 10 heteroatoms. The van der Waals surface area contributed by atoms with Crippen LogP contribution in [-0.4, -0.2) is 45.8 Å². The van der Waals surface area contributed by atoms with Gasteiger partial charge >= 0.3 is 6.18 Å². The summed E-state index contributed by atoms with van der Waals surface area (Å²) < 4.78 is 43.8. The van der Waals surface area contributed by atoms with Crippen molar-refractivity contribution >= 4 is 17.7 Å². The van der Waals surface area contributed by atoms with Crippen molar-refractivity contribution in [3.05, 3.63) is 24.3 Å². The van der Waals surface area contributed by atoms with E-state index < -0.39 is 23.9 Å². The van der Waals surface area contributed by atoms with Crippen molar-refractivity contribution in [3.8, 4) is 17.1 Å². The lowest BCUT2D eigenvalue weighted by Gasteiger charge is -2.14. The van der Waals surface area contributed by atoms with E-state index in [0.717, 1.165) is 17.3 Å². The largest absolute Gasteiger partial charge is 0.496 e. The highest BCUT2D eigenvalue weighted by molar-refractivity contribution is 8.00. The van der Waals surface area contributed by atoms with E-state index in [0.29, 0.717) is 23.3 Å². The lowest BCUT2D eigenvalue weighted by molar-refractivity contribution is -0.137. The van der Waals surface area contributed by atoms with E-state index in [1.54, 1.807) is 17.7 Å². The normalized spacial score (nSPS) is 12.7. The Labute approximate surface area is 153 Å². The second kappa shape index (κ2) is 8.43. The Morgan fingerprint density at radius 2 is 2.04 bits per heavy atom. The SMILES string of the molecule is CCn1c(SC(C)C(=O)NCC(F)(F)F)nnc1-c1ccccc1OC. The molecule has 2 rings (SSSR count). The molecule has 0 aliphatic rings. The number of benzene rings is 1. The average molecular weight is 388 g/mol. The first-order valence-corrected chi connectivity index (χ1v) is 8.72. The highest BCUT2D eigenvalue weighted by Crippen LogP contribution is 2.31. The predicted molar refractivity (Wildman–Crippen MR) is 92.1 cm³/mol. The van der Waals surface area contributed by atoms with Crippen LogP contribution in [0.25, 0.3) is 11.4 Å². The van der Waals surface area contributed by atoms with Crippen LogP contribution in [0.4, 0.5) is 13.2 Å². The summed E-state index contributed by atoms with van der Waals surface area (Å²) in [6.45, 7) is 2.58. The Bertz CT molecular complexity index is 764. The second-order valence-corrected chi connectivity index (χ2v) is 6.65. The van der Waals surface area contributed by atoms with Gasteiger partial charge in [-0.1, -0.05) is 23.9 Å². The summed E-state index contributed by atoms with van der Waals surface area (Å²) in [6.07, 6.45) is -4.44. The molecular formula is C16H19F3N4O2S. The lowest BCUT2D eigenvalue weighted by Crippen LogP contribution is -2.38. The topological polar surface area (TPSA) is 69.0 Å². The van der Waals surface area contributed by atoms with Crippen LogP contribution >= 0.6 is 11.8 Å². The zero-order chi connectivity index (χ0) is 19.3. The number of para-hydroxylation sites is 1. The maximum absolute atomic E-state index is 12.2. The average Bonchev–Trinajstić information content (AvgIpc) is 3.01. The molecule has 1 amide bonds. The molecule has 1 N–H and O–H groups in total. The van der Waals surface area contributed by atoms with Crippen molar-refractivity contribution < 1.29 is 22.7 Å². The first-order chi connectivity index (χ1) is 12.3. The van der Waals surface area contributed by atoms with Gasteiger partial charge in [0.15, 0.2) is 11.0 Å². The molecule has 142 valence electrons. The van der Waals surface area contributed by atoms with E-state index in [1.807, 2.05) is 30.4 Å². The minimum absolute atomic E-state index is 0.447. The van der Waals surface area contributed by atoms with Crippen molar-refractivity contribution in [3.63, 3.8) is 0 Å². The third kappa shape index (κ3) is 4.90. The molecule has 1 aromatic heterocycles. The van der Waals surface area contributed by atoms with Gasteiger partial charge < -0.3 is 14.6 Å². The number of hydrogen-bond donors (Lipinski definition) is 1. The number of nitrogens with one attached hydrogen (secondary N) is 1. The number of nitrogens with zero attached hydrogens (tertiary/aromatic N) is 3. The predicted octanol–water partition coefficient (Wildman–Crippen LogP) is 3.13. The minimum Gasteiger partial charge on any atom is -0.496 e. The number of halogens is 3. The van der Waals surface area contributed by atoms with Crippen molar-refractivity contribution in [2.24, 2.45) is 0 Å². The van der Waals surface area contributed by atoms with Gasteiger partial charge in [0.1, 0.15) is 12.3 Å². The molecule has 1 atom stereocenters. The second-order valence-electron chi connectivity index (χ2n) is 5.34. The van der Waals surface area contributed by atoms with Crippen molar-refractivity contribution in [1.82, 2.24) is 20.1 Å². The van der Waals surface area contributed by atoms with Gasteiger partial charge in [0.2, 0.25) is 5.91 Å². The van der Waals surface area contributed by atoms with Gasteiger partial charge in [-0.3, -0.25) is 4.79 Å². The standard InChI is InChI=1S/C16H19F3N4O2S/c1-4-23-13(11-7-5-6-8-12(11)25-3)21-22-15(23)26-10(2)14(24)20-9-16(17,18)19/h5-8,10H,4,9H2,1-3H3,(H,20,24). The van der Waals surface area contributed by atoms with E-state index in [2.05, 4.69) is 10.2 Å². The zero-order valence-corrected chi connectivity index (χ0v) is 15.3. The molecule has 0 bridgehead atoms. The molecule has 0 saturated heterocycles. The fourth-order valence-corrected chi connectivity index (χ4v) is 3.17. The first-order valence-electron chi connectivity index (χ1n) is 7.84. The Kier molecular flexibility index (Phi) is 6.52. The van der Waals surface area contributed by atoms with E-state index in [4.69, 9.17) is 4.74 Å². The molecule has 6 nitrogen and oxygen atoms in total. The van der Waals surface area contributed by atoms with E-state index >= 15 is 0 Å². The molecule has 0 saturated carbocycles. The summed E-state index contributed by atoms with van der Waals surface area (Å²) in [5, 5.41) is 9.82. The number of thioether (sulfide) groups is 1. The summed E-state index contributed by atoms with van der Waals surface area (Å²) in [5.74, 6) is 0.481. The minimum atomic E-state index is -4.44. The van der Waals surface area contributed by atoms with Crippen molar-refractivity contribution in [1.29, 1.82) is 0 Å². The Morgan fingerprint density at radius 1 is 1.35 bits per heavy atom. The summed E-state index contributed by atoms with van der Waals surface area (Å²) in [5.41, 5.74) is 0.741. The number of ether oxygens (including phenoxy) is 1. The van der Waals surface area contributed by atoms with Crippen LogP contribution in [0.5, 0.6) is 5.75 Å². The monoisotopic (exact) mass is 388 g/mol. The number of aromatic nitrogens is 3. The fraction of sp³-hybridized carbons (Fsp3) is 0.438. The number of carbonyl (C=O) groups is 1. The molecular weight excluding hydrogens is 369 g/mol. The van der Waals surface area contributed by atoms with Crippen LogP contribution < -0.4 is 10.1 Å². The van der Waals surface area contributed by atoms with Crippen LogP contribution in [0, 0.1) is 0 Å². The molecule has 0 fully saturated rings. The fourth-order valence-electron chi connectivity index (χ4n) is 2.23. The Hall–Kier alpha value is -2.23. The zero-order valence-electron chi connectivity index (χ0n) is 14.5. The third-order valence-electron chi connectivity index (χ3n) is 3.50. The van der Waals surface area contributed by atoms with Crippen LogP contribution in [0.2, 0.25) is 0 Å². The summed E-state index contributed by atoms with van der Waals surface area (Å²) in [6, 6.07) is 7.30. The maximum atomic E-state index is 12.2. The molecule has 2 aromatic rings. The molecule has 0 radical (unpaired) electrons. The Morgan fingerprint density at radius 3 is 2.65 bits per heavy atom. The number of carbonyl (C=O) groups excluding carboxylic acids is 1. The highest BCUT2D eigenvalue weighted by Gasteiger charge is 2.29. The number of hydrogen-bond acceptors (Lipinski definition) is 5. The van der Waals surface area contributed by atoms with Gasteiger partial charge in [0.05, 0.1) is 17.9 Å². The molecule has 1 aromatic carbocycles. The van der Waals surface area contributed by atoms with Crippen LogP contribution in [-0.2, 0) is 11.3 Å². The van der Waals surface area contributed by atoms with E-state index in [1.165, 1.54) is 6.92 Å². The highest BCUT2D eigenvalue weighted by atomic mass is 32.2. The van der Waals surface area contributed by atoms with Crippen LogP contribution in [0.15, 0.2) is 29.4 Å². The van der Waals surface area contributed by atoms with Crippen molar-refractivity contribution in [2.75, 3.05) is 13.7 Å².